The quantitative estimate of drug-likeness (QED) is 0.832. The number of nitrogens with one attached hydrogen (secondary N) is 1. The van der Waals surface area contributed by atoms with E-state index < -0.39 is 0 Å². The smallest absolute Gasteiger partial charge is 0.246 e. The van der Waals surface area contributed by atoms with E-state index in [1.807, 2.05) is 11.9 Å². The van der Waals surface area contributed by atoms with Crippen LogP contribution in [0.2, 0.25) is 0 Å². The van der Waals surface area contributed by atoms with E-state index in [9.17, 15) is 9.59 Å². The van der Waals surface area contributed by atoms with E-state index in [1.165, 1.54) is 6.42 Å². The van der Waals surface area contributed by atoms with Gasteiger partial charge in [0, 0.05) is 25.8 Å². The molecule has 1 N–H and O–H groups in total. The number of hydrogen-bond donors (Lipinski definition) is 1. The lowest BCUT2D eigenvalue weighted by atomic mass is 9.93. The van der Waals surface area contributed by atoms with Crippen molar-refractivity contribution >= 4 is 23.6 Å². The molecule has 2 fully saturated rings. The van der Waals surface area contributed by atoms with E-state index >= 15 is 0 Å². The number of carbonyl (C=O) groups excluding carboxylic acids is 2. The van der Waals surface area contributed by atoms with Crippen LogP contribution in [-0.2, 0) is 9.59 Å². The predicted molar refractivity (Wildman–Crippen MR) is 81.5 cm³/mol. The maximum Gasteiger partial charge on any atom is 0.246 e. The van der Waals surface area contributed by atoms with Gasteiger partial charge in [0.15, 0.2) is 0 Å². The van der Waals surface area contributed by atoms with Gasteiger partial charge in [0.1, 0.15) is 6.04 Å². The van der Waals surface area contributed by atoms with Crippen LogP contribution in [0, 0.1) is 5.92 Å². The molecule has 2 aliphatic rings. The first kappa shape index (κ1) is 15.6. The van der Waals surface area contributed by atoms with Crippen molar-refractivity contribution in [1.29, 1.82) is 0 Å². The number of nitrogens with zero attached hydrogens (tertiary/aromatic N) is 2. The summed E-state index contributed by atoms with van der Waals surface area (Å²) in [5, 5.41) is 3.18. The van der Waals surface area contributed by atoms with Crippen molar-refractivity contribution in [2.24, 2.45) is 5.92 Å². The van der Waals surface area contributed by atoms with Crippen molar-refractivity contribution in [3.05, 3.63) is 0 Å². The van der Waals surface area contributed by atoms with E-state index in [-0.39, 0.29) is 17.9 Å². The van der Waals surface area contributed by atoms with E-state index in [2.05, 4.69) is 5.32 Å². The molecule has 2 rings (SSSR count). The molecule has 1 unspecified atom stereocenters. The van der Waals surface area contributed by atoms with Crippen LogP contribution in [0.3, 0.4) is 0 Å². The highest BCUT2D eigenvalue weighted by Gasteiger charge is 2.36. The van der Waals surface area contributed by atoms with Gasteiger partial charge < -0.3 is 15.1 Å². The van der Waals surface area contributed by atoms with Crippen molar-refractivity contribution in [3.63, 3.8) is 0 Å². The lowest BCUT2D eigenvalue weighted by Gasteiger charge is -2.35. The molecule has 0 bridgehead atoms. The molecule has 0 spiro atoms. The molecule has 2 saturated heterocycles. The number of likely N-dealkylation sites (tertiary alicyclic amines) is 1. The topological polar surface area (TPSA) is 52.7 Å². The van der Waals surface area contributed by atoms with E-state index in [0.717, 1.165) is 44.1 Å². The Morgan fingerprint density at radius 2 is 2.00 bits per heavy atom. The molecule has 6 heteroatoms. The molecular formula is C14H25N3O2S. The Morgan fingerprint density at radius 1 is 1.30 bits per heavy atom. The van der Waals surface area contributed by atoms with Crippen molar-refractivity contribution < 1.29 is 9.59 Å². The number of piperidine rings is 1. The molecule has 0 aromatic heterocycles. The van der Waals surface area contributed by atoms with Gasteiger partial charge in [-0.2, -0.15) is 0 Å². The summed E-state index contributed by atoms with van der Waals surface area (Å²) in [7, 11) is 1.98. The van der Waals surface area contributed by atoms with Crippen LogP contribution in [0.4, 0.5) is 0 Å². The maximum absolute atomic E-state index is 12.5. The highest BCUT2D eigenvalue weighted by molar-refractivity contribution is 7.99. The van der Waals surface area contributed by atoms with Gasteiger partial charge in [-0.15, -0.1) is 11.8 Å². The number of rotatable bonds is 4. The van der Waals surface area contributed by atoms with Crippen molar-refractivity contribution in [2.45, 2.75) is 32.2 Å². The van der Waals surface area contributed by atoms with E-state index in [4.69, 9.17) is 0 Å². The molecular weight excluding hydrogens is 274 g/mol. The molecule has 0 aromatic carbocycles. The second-order valence-electron chi connectivity index (χ2n) is 5.67. The Kier molecular flexibility index (Phi) is 5.72. The molecule has 1 atom stereocenters. The Morgan fingerprint density at radius 3 is 2.60 bits per heavy atom. The Bertz CT molecular complexity index is 356. The first-order valence-electron chi connectivity index (χ1n) is 7.41. The average molecular weight is 299 g/mol. The van der Waals surface area contributed by atoms with Gasteiger partial charge in [0.05, 0.1) is 5.88 Å². The van der Waals surface area contributed by atoms with Crippen LogP contribution in [0.15, 0.2) is 0 Å². The minimum atomic E-state index is -0.230. The van der Waals surface area contributed by atoms with Gasteiger partial charge in [-0.3, -0.25) is 9.59 Å². The first-order valence-corrected chi connectivity index (χ1v) is 8.57. The zero-order chi connectivity index (χ0) is 14.5. The fraction of sp³-hybridized carbons (Fsp3) is 0.857. The van der Waals surface area contributed by atoms with Crippen LogP contribution in [0.5, 0.6) is 0 Å². The zero-order valence-corrected chi connectivity index (χ0v) is 13.2. The van der Waals surface area contributed by atoms with Gasteiger partial charge in [-0.1, -0.05) is 0 Å². The van der Waals surface area contributed by atoms with Crippen LogP contribution < -0.4 is 5.32 Å². The normalized spacial score (nSPS) is 24.2. The van der Waals surface area contributed by atoms with Gasteiger partial charge in [-0.25, -0.2) is 0 Å². The van der Waals surface area contributed by atoms with Crippen LogP contribution in [0.25, 0.3) is 0 Å². The summed E-state index contributed by atoms with van der Waals surface area (Å²) < 4.78 is 0. The standard InChI is InChI=1S/C14H25N3O2S/c1-11(18)17-10-20-9-13(17)14(19)16-7-4-12(5-8-16)3-6-15-2/h12-13,15H,3-10H2,1-2H3. The lowest BCUT2D eigenvalue weighted by Crippen LogP contribution is -2.50. The van der Waals surface area contributed by atoms with Crippen LogP contribution in [-0.4, -0.2) is 66.0 Å². The van der Waals surface area contributed by atoms with E-state index in [0.29, 0.717) is 5.88 Å². The van der Waals surface area contributed by atoms with E-state index in [1.54, 1.807) is 23.6 Å². The third-order valence-corrected chi connectivity index (χ3v) is 5.31. The number of thioether (sulfide) groups is 1. The zero-order valence-electron chi connectivity index (χ0n) is 12.4. The molecule has 2 heterocycles. The highest BCUT2D eigenvalue weighted by atomic mass is 32.2. The van der Waals surface area contributed by atoms with Crippen molar-refractivity contribution in [3.8, 4) is 0 Å². The Hall–Kier alpha value is -0.750. The molecule has 0 aliphatic carbocycles. The minimum Gasteiger partial charge on any atom is -0.341 e. The summed E-state index contributed by atoms with van der Waals surface area (Å²) in [6.45, 7) is 4.30. The molecule has 0 aromatic rings. The third-order valence-electron chi connectivity index (χ3n) is 4.30. The summed E-state index contributed by atoms with van der Waals surface area (Å²) in [4.78, 5) is 27.8. The van der Waals surface area contributed by atoms with Crippen LogP contribution >= 0.6 is 11.8 Å². The highest BCUT2D eigenvalue weighted by Crippen LogP contribution is 2.25. The monoisotopic (exact) mass is 299 g/mol. The van der Waals surface area contributed by atoms with Crippen LogP contribution in [0.1, 0.15) is 26.2 Å². The largest absolute Gasteiger partial charge is 0.341 e. The molecule has 2 aliphatic heterocycles. The summed E-state index contributed by atoms with van der Waals surface area (Å²) in [6, 6.07) is -0.230. The minimum absolute atomic E-state index is 0.0113. The van der Waals surface area contributed by atoms with Gasteiger partial charge in [-0.05, 0) is 38.8 Å². The molecule has 5 nitrogen and oxygen atoms in total. The summed E-state index contributed by atoms with van der Waals surface area (Å²) >= 11 is 1.67. The maximum atomic E-state index is 12.5. The number of carbonyl (C=O) groups is 2. The van der Waals surface area contributed by atoms with Crippen molar-refractivity contribution in [2.75, 3.05) is 38.3 Å². The Labute approximate surface area is 125 Å². The molecule has 2 amide bonds. The number of amides is 2. The first-order chi connectivity index (χ1) is 9.63. The molecule has 20 heavy (non-hydrogen) atoms. The third kappa shape index (κ3) is 3.67. The summed E-state index contributed by atoms with van der Waals surface area (Å²) in [6.07, 6.45) is 3.37. The summed E-state index contributed by atoms with van der Waals surface area (Å²) in [5.41, 5.74) is 0. The second kappa shape index (κ2) is 7.31. The fourth-order valence-electron chi connectivity index (χ4n) is 2.96. The fourth-order valence-corrected chi connectivity index (χ4v) is 4.17. The SMILES string of the molecule is CNCCC1CCN(C(=O)C2CSCN2C(C)=O)CC1. The average Bonchev–Trinajstić information content (AvgIpc) is 2.94. The predicted octanol–water partition coefficient (Wildman–Crippen LogP) is 0.756. The van der Waals surface area contributed by atoms with Gasteiger partial charge >= 0.3 is 0 Å². The van der Waals surface area contributed by atoms with Crippen molar-refractivity contribution in [1.82, 2.24) is 15.1 Å². The lowest BCUT2D eigenvalue weighted by molar-refractivity contribution is -0.143. The molecule has 114 valence electrons. The molecule has 0 saturated carbocycles. The van der Waals surface area contributed by atoms with Gasteiger partial charge in [0.25, 0.3) is 0 Å². The Balaban J connectivity index is 1.84. The number of hydrogen-bond acceptors (Lipinski definition) is 4. The van der Waals surface area contributed by atoms with Gasteiger partial charge in [0.2, 0.25) is 11.8 Å². The summed E-state index contributed by atoms with van der Waals surface area (Å²) in [5.74, 6) is 2.30. The second-order valence-corrected chi connectivity index (χ2v) is 6.67. The molecule has 0 radical (unpaired) electrons.